The average molecular weight is 447 g/mol. The highest BCUT2D eigenvalue weighted by Crippen LogP contribution is 2.31. The van der Waals surface area contributed by atoms with Crippen molar-refractivity contribution < 1.29 is 4.79 Å². The minimum atomic E-state index is -0.0927. The number of halogens is 2. The number of para-hydroxylation sites is 1. The van der Waals surface area contributed by atoms with E-state index in [4.69, 9.17) is 16.6 Å². The summed E-state index contributed by atoms with van der Waals surface area (Å²) in [6, 6.07) is 13.1. The molecule has 5 nitrogen and oxygen atoms in total. The van der Waals surface area contributed by atoms with Crippen LogP contribution in [-0.4, -0.2) is 27.0 Å². The van der Waals surface area contributed by atoms with Gasteiger partial charge in [-0.05, 0) is 43.2 Å². The molecule has 150 valence electrons. The summed E-state index contributed by atoms with van der Waals surface area (Å²) in [5.74, 6) is -0.0927. The summed E-state index contributed by atoms with van der Waals surface area (Å²) in [6.45, 7) is 3.37. The van der Waals surface area contributed by atoms with E-state index in [1.807, 2.05) is 35.9 Å². The Morgan fingerprint density at radius 1 is 1.24 bits per heavy atom. The van der Waals surface area contributed by atoms with Crippen molar-refractivity contribution >= 4 is 56.6 Å². The molecule has 0 N–H and O–H groups in total. The molecule has 2 heterocycles. The van der Waals surface area contributed by atoms with Crippen molar-refractivity contribution in [1.82, 2.24) is 14.5 Å². The Balaban J connectivity index is 0.00000240. The second-order valence-electron chi connectivity index (χ2n) is 6.54. The second-order valence-corrected chi connectivity index (χ2v) is 7.98. The zero-order valence-corrected chi connectivity index (χ0v) is 18.2. The largest absolute Gasteiger partial charge is 0.337 e. The van der Waals surface area contributed by atoms with E-state index in [9.17, 15) is 4.79 Å². The van der Waals surface area contributed by atoms with Crippen LogP contribution in [0.15, 0.2) is 61.2 Å². The summed E-state index contributed by atoms with van der Waals surface area (Å²) in [4.78, 5) is 23.9. The number of hydrogen-bond donors (Lipinski definition) is 0. The topological polar surface area (TPSA) is 51.0 Å². The van der Waals surface area contributed by atoms with Crippen LogP contribution in [0.2, 0.25) is 5.02 Å². The van der Waals surface area contributed by atoms with E-state index < -0.39 is 0 Å². The van der Waals surface area contributed by atoms with E-state index in [0.717, 1.165) is 28.7 Å². The summed E-state index contributed by atoms with van der Waals surface area (Å²) in [5.41, 5.74) is 2.61. The molecule has 2 aromatic carbocycles. The molecule has 8 heteroatoms. The normalized spacial score (nSPS) is 10.7. The number of aryl methyl sites for hydroxylation is 2. The number of benzene rings is 2. The van der Waals surface area contributed by atoms with Crippen LogP contribution in [0.5, 0.6) is 0 Å². The van der Waals surface area contributed by atoms with Crippen molar-refractivity contribution in [3.05, 3.63) is 77.3 Å². The summed E-state index contributed by atoms with van der Waals surface area (Å²) >= 11 is 7.64. The monoisotopic (exact) mass is 446 g/mol. The third-order valence-corrected chi connectivity index (χ3v) is 5.79. The number of carbonyl (C=O) groups excluding carboxylic acids is 1. The molecule has 4 rings (SSSR count). The van der Waals surface area contributed by atoms with Gasteiger partial charge in [0.1, 0.15) is 0 Å². The highest BCUT2D eigenvalue weighted by Gasteiger charge is 2.21. The predicted molar refractivity (Wildman–Crippen MR) is 122 cm³/mol. The Kier molecular flexibility index (Phi) is 6.90. The van der Waals surface area contributed by atoms with Crippen molar-refractivity contribution in [1.29, 1.82) is 0 Å². The van der Waals surface area contributed by atoms with Gasteiger partial charge >= 0.3 is 0 Å². The Bertz CT molecular complexity index is 1110. The van der Waals surface area contributed by atoms with Gasteiger partial charge in [-0.25, -0.2) is 9.97 Å². The lowest BCUT2D eigenvalue weighted by atomic mass is 10.2. The summed E-state index contributed by atoms with van der Waals surface area (Å²) in [6.07, 6.45) is 6.25. The number of fused-ring (bicyclic) bond motifs is 1. The van der Waals surface area contributed by atoms with Crippen molar-refractivity contribution in [2.75, 3.05) is 11.4 Å². The lowest BCUT2D eigenvalue weighted by Crippen LogP contribution is -2.32. The molecule has 0 unspecified atom stereocenters. The zero-order valence-electron chi connectivity index (χ0n) is 15.8. The summed E-state index contributed by atoms with van der Waals surface area (Å²) in [7, 11) is 0. The highest BCUT2D eigenvalue weighted by molar-refractivity contribution is 7.22. The van der Waals surface area contributed by atoms with Gasteiger partial charge in [0, 0.05) is 36.1 Å². The van der Waals surface area contributed by atoms with Crippen LogP contribution in [-0.2, 0) is 6.54 Å². The van der Waals surface area contributed by atoms with Gasteiger partial charge in [-0.1, -0.05) is 41.1 Å². The van der Waals surface area contributed by atoms with Gasteiger partial charge in [0.2, 0.25) is 0 Å². The molecule has 0 aliphatic rings. The zero-order chi connectivity index (χ0) is 19.5. The number of nitrogens with zero attached hydrogens (tertiary/aromatic N) is 4. The fraction of sp³-hybridized carbons (Fsp3) is 0.190. The molecule has 2 aromatic heterocycles. The quantitative estimate of drug-likeness (QED) is 0.386. The van der Waals surface area contributed by atoms with Crippen molar-refractivity contribution in [3.8, 4) is 0 Å². The molecule has 0 spiro atoms. The van der Waals surface area contributed by atoms with Crippen LogP contribution in [0.3, 0.4) is 0 Å². The maximum atomic E-state index is 13.3. The first-order valence-corrected chi connectivity index (χ1v) is 10.2. The third-order valence-electron chi connectivity index (χ3n) is 4.51. The number of imidazole rings is 1. The van der Waals surface area contributed by atoms with Gasteiger partial charge in [0.05, 0.1) is 16.5 Å². The van der Waals surface area contributed by atoms with E-state index in [1.54, 1.807) is 41.7 Å². The number of rotatable bonds is 6. The number of anilines is 1. The first kappa shape index (κ1) is 21.3. The van der Waals surface area contributed by atoms with Gasteiger partial charge in [-0.15, -0.1) is 12.4 Å². The van der Waals surface area contributed by atoms with Crippen LogP contribution in [0.4, 0.5) is 5.13 Å². The van der Waals surface area contributed by atoms with Crippen LogP contribution in [0.1, 0.15) is 22.3 Å². The first-order chi connectivity index (χ1) is 13.6. The van der Waals surface area contributed by atoms with Gasteiger partial charge in [0.25, 0.3) is 5.91 Å². The summed E-state index contributed by atoms with van der Waals surface area (Å²) < 4.78 is 3.08. The Hall–Kier alpha value is -2.41. The smallest absolute Gasteiger partial charge is 0.260 e. The minimum Gasteiger partial charge on any atom is -0.337 e. The number of carbonyl (C=O) groups is 1. The lowest BCUT2D eigenvalue weighted by molar-refractivity contribution is 0.0986. The van der Waals surface area contributed by atoms with Crippen LogP contribution >= 0.6 is 35.3 Å². The molecule has 4 aromatic rings. The van der Waals surface area contributed by atoms with Crippen LogP contribution in [0, 0.1) is 6.92 Å². The van der Waals surface area contributed by atoms with Gasteiger partial charge in [-0.2, -0.15) is 0 Å². The van der Waals surface area contributed by atoms with E-state index in [1.165, 1.54) is 11.3 Å². The van der Waals surface area contributed by atoms with E-state index in [2.05, 4.69) is 4.98 Å². The van der Waals surface area contributed by atoms with Crippen molar-refractivity contribution in [3.63, 3.8) is 0 Å². The molecule has 0 saturated heterocycles. The first-order valence-electron chi connectivity index (χ1n) is 9.01. The fourth-order valence-electron chi connectivity index (χ4n) is 3.08. The van der Waals surface area contributed by atoms with Crippen LogP contribution in [0.25, 0.3) is 10.2 Å². The number of aromatic nitrogens is 3. The number of amides is 1. The van der Waals surface area contributed by atoms with Crippen molar-refractivity contribution in [2.24, 2.45) is 0 Å². The van der Waals surface area contributed by atoms with Gasteiger partial charge in [0.15, 0.2) is 5.13 Å². The number of hydrogen-bond acceptors (Lipinski definition) is 4. The molecule has 0 bridgehead atoms. The summed E-state index contributed by atoms with van der Waals surface area (Å²) in [5, 5.41) is 1.25. The van der Waals surface area contributed by atoms with E-state index in [-0.39, 0.29) is 18.3 Å². The molecule has 0 radical (unpaired) electrons. The van der Waals surface area contributed by atoms with Crippen molar-refractivity contribution in [2.45, 2.75) is 19.9 Å². The second kappa shape index (κ2) is 9.39. The molecule has 0 atom stereocenters. The molecule has 1 amide bonds. The Labute approximate surface area is 184 Å². The predicted octanol–water partition coefficient (Wildman–Crippen LogP) is 5.61. The minimum absolute atomic E-state index is 0. The molecule has 0 fully saturated rings. The molecule has 0 saturated carbocycles. The fourth-order valence-corrected chi connectivity index (χ4v) is 4.34. The number of thiazole rings is 1. The van der Waals surface area contributed by atoms with Gasteiger partial charge in [-0.3, -0.25) is 9.69 Å². The van der Waals surface area contributed by atoms with E-state index >= 15 is 0 Å². The SMILES string of the molecule is Cc1cccc2sc(N(CCCn3ccnc3)C(=O)c3cccc(Cl)c3)nc12.Cl. The highest BCUT2D eigenvalue weighted by atomic mass is 35.5. The third kappa shape index (κ3) is 4.78. The molecule has 29 heavy (non-hydrogen) atoms. The molecule has 0 aliphatic heterocycles. The van der Waals surface area contributed by atoms with Gasteiger partial charge < -0.3 is 4.57 Å². The maximum Gasteiger partial charge on any atom is 0.260 e. The Morgan fingerprint density at radius 3 is 2.79 bits per heavy atom. The molecule has 0 aliphatic carbocycles. The lowest BCUT2D eigenvalue weighted by Gasteiger charge is -2.20. The average Bonchev–Trinajstić information content (AvgIpc) is 3.35. The molecular weight excluding hydrogens is 427 g/mol. The Morgan fingerprint density at radius 2 is 2.07 bits per heavy atom. The standard InChI is InChI=1S/C21H19ClN4OS.ClH/c1-15-5-2-8-18-19(15)24-21(28-18)26(11-4-10-25-12-9-23-14-25)20(27)16-6-3-7-17(22)13-16;/h2-3,5-9,12-14H,4,10-11H2,1H3;1H. The van der Waals surface area contributed by atoms with Crippen LogP contribution < -0.4 is 4.90 Å². The van der Waals surface area contributed by atoms with E-state index in [0.29, 0.717) is 22.3 Å². The molecular formula is C21H20Cl2N4OS. The maximum absolute atomic E-state index is 13.3.